The quantitative estimate of drug-likeness (QED) is 0.893. The number of rotatable bonds is 5. The second kappa shape index (κ2) is 5.87. The van der Waals surface area contributed by atoms with Gasteiger partial charge in [0.15, 0.2) is 5.17 Å². The molecule has 0 radical (unpaired) electrons. The van der Waals surface area contributed by atoms with Crippen LogP contribution >= 0.6 is 23.1 Å². The van der Waals surface area contributed by atoms with Gasteiger partial charge in [0.2, 0.25) is 0 Å². The molecule has 0 bridgehead atoms. The summed E-state index contributed by atoms with van der Waals surface area (Å²) in [5, 5.41) is 6.79. The maximum Gasteiger partial charge on any atom is 0.157 e. The number of aromatic nitrogens is 1. The predicted octanol–water partition coefficient (Wildman–Crippen LogP) is 2.94. The van der Waals surface area contributed by atoms with Crippen molar-refractivity contribution < 1.29 is 0 Å². The molecule has 1 saturated heterocycles. The molecule has 3 nitrogen and oxygen atoms in total. The van der Waals surface area contributed by atoms with Crippen LogP contribution in [0.25, 0.3) is 0 Å². The normalized spacial score (nSPS) is 20.7. The van der Waals surface area contributed by atoms with Gasteiger partial charge in [0.25, 0.3) is 0 Å². The molecular weight excluding hydrogens is 250 g/mol. The Morgan fingerprint density at radius 1 is 1.47 bits per heavy atom. The van der Waals surface area contributed by atoms with Crippen molar-refractivity contribution in [2.24, 2.45) is 4.99 Å². The first-order chi connectivity index (χ1) is 8.28. The van der Waals surface area contributed by atoms with Crippen LogP contribution in [0.3, 0.4) is 0 Å². The molecule has 5 heteroatoms. The lowest BCUT2D eigenvalue weighted by Gasteiger charge is -2.25. The molecule has 1 aromatic rings. The third-order valence-corrected chi connectivity index (χ3v) is 5.15. The molecule has 0 atom stereocenters. The third kappa shape index (κ3) is 3.22. The van der Waals surface area contributed by atoms with Crippen LogP contribution in [0.1, 0.15) is 32.4 Å². The first-order valence-electron chi connectivity index (χ1n) is 6.10. The molecule has 2 rings (SSSR count). The highest BCUT2D eigenvalue weighted by Crippen LogP contribution is 2.28. The fraction of sp³-hybridized carbons (Fsp3) is 0.667. The summed E-state index contributed by atoms with van der Waals surface area (Å²) in [6, 6.07) is 0. The van der Waals surface area contributed by atoms with E-state index in [4.69, 9.17) is 0 Å². The fourth-order valence-electron chi connectivity index (χ4n) is 1.85. The first kappa shape index (κ1) is 12.9. The SMILES string of the molecule is CCC1(CC)CSC(=NCCc2cscn2)N1. The molecule has 1 N–H and O–H groups in total. The van der Waals surface area contributed by atoms with Crippen LogP contribution in [0, 0.1) is 0 Å². The van der Waals surface area contributed by atoms with Crippen molar-refractivity contribution in [3.63, 3.8) is 0 Å². The van der Waals surface area contributed by atoms with Gasteiger partial charge in [0.1, 0.15) is 0 Å². The Kier molecular flexibility index (Phi) is 4.45. The summed E-state index contributed by atoms with van der Waals surface area (Å²) in [4.78, 5) is 8.89. The zero-order valence-electron chi connectivity index (χ0n) is 10.4. The number of nitrogens with one attached hydrogen (secondary N) is 1. The maximum absolute atomic E-state index is 4.62. The van der Waals surface area contributed by atoms with E-state index < -0.39 is 0 Å². The van der Waals surface area contributed by atoms with Crippen molar-refractivity contribution in [1.82, 2.24) is 10.3 Å². The van der Waals surface area contributed by atoms with Crippen molar-refractivity contribution in [3.8, 4) is 0 Å². The molecule has 1 aromatic heterocycles. The lowest BCUT2D eigenvalue weighted by atomic mass is 9.96. The van der Waals surface area contributed by atoms with E-state index in [0.29, 0.717) is 0 Å². The van der Waals surface area contributed by atoms with E-state index in [9.17, 15) is 0 Å². The van der Waals surface area contributed by atoms with Crippen LogP contribution in [0.4, 0.5) is 0 Å². The average Bonchev–Trinajstić information content (AvgIpc) is 2.99. The van der Waals surface area contributed by atoms with E-state index in [2.05, 4.69) is 34.5 Å². The van der Waals surface area contributed by atoms with E-state index in [0.717, 1.165) is 29.6 Å². The highest BCUT2D eigenvalue weighted by atomic mass is 32.2. The minimum Gasteiger partial charge on any atom is -0.359 e. The van der Waals surface area contributed by atoms with Gasteiger partial charge in [-0.3, -0.25) is 4.99 Å². The molecule has 2 heterocycles. The number of amidine groups is 1. The van der Waals surface area contributed by atoms with Gasteiger partial charge in [-0.2, -0.15) is 0 Å². The number of hydrogen-bond donors (Lipinski definition) is 1. The summed E-state index contributed by atoms with van der Waals surface area (Å²) in [6.07, 6.45) is 3.28. The summed E-state index contributed by atoms with van der Waals surface area (Å²) in [7, 11) is 0. The monoisotopic (exact) mass is 269 g/mol. The van der Waals surface area contributed by atoms with E-state index >= 15 is 0 Å². The van der Waals surface area contributed by atoms with Gasteiger partial charge in [-0.25, -0.2) is 4.98 Å². The van der Waals surface area contributed by atoms with E-state index in [1.54, 1.807) is 11.3 Å². The van der Waals surface area contributed by atoms with Gasteiger partial charge < -0.3 is 5.32 Å². The summed E-state index contributed by atoms with van der Waals surface area (Å²) in [5.74, 6) is 1.15. The number of thioether (sulfide) groups is 1. The summed E-state index contributed by atoms with van der Waals surface area (Å²) in [5.41, 5.74) is 3.31. The smallest absolute Gasteiger partial charge is 0.157 e. The van der Waals surface area contributed by atoms with Crippen LogP contribution in [-0.2, 0) is 6.42 Å². The Labute approximate surface area is 111 Å². The first-order valence-corrected chi connectivity index (χ1v) is 8.03. The van der Waals surface area contributed by atoms with Gasteiger partial charge in [-0.05, 0) is 12.8 Å². The molecule has 0 unspecified atom stereocenters. The molecule has 0 spiro atoms. The highest BCUT2D eigenvalue weighted by Gasteiger charge is 2.33. The molecule has 17 heavy (non-hydrogen) atoms. The Balaban J connectivity index is 1.84. The Morgan fingerprint density at radius 2 is 2.29 bits per heavy atom. The molecule has 1 fully saturated rings. The third-order valence-electron chi connectivity index (χ3n) is 3.32. The molecule has 0 aliphatic carbocycles. The largest absolute Gasteiger partial charge is 0.359 e. The van der Waals surface area contributed by atoms with Crippen molar-refractivity contribution in [2.75, 3.05) is 12.3 Å². The maximum atomic E-state index is 4.62. The summed E-state index contributed by atoms with van der Waals surface area (Å²) in [6.45, 7) is 5.33. The highest BCUT2D eigenvalue weighted by molar-refractivity contribution is 8.14. The molecule has 0 amide bonds. The zero-order chi connectivity index (χ0) is 12.1. The number of thiazole rings is 1. The second-order valence-electron chi connectivity index (χ2n) is 4.32. The van der Waals surface area contributed by atoms with Crippen LogP contribution in [0.2, 0.25) is 0 Å². The molecule has 0 saturated carbocycles. The van der Waals surface area contributed by atoms with Crippen LogP contribution < -0.4 is 5.32 Å². The van der Waals surface area contributed by atoms with Gasteiger partial charge in [-0.15, -0.1) is 11.3 Å². The number of aliphatic imine (C=N–C) groups is 1. The zero-order valence-corrected chi connectivity index (χ0v) is 12.0. The van der Waals surface area contributed by atoms with Gasteiger partial charge in [0.05, 0.1) is 11.2 Å². The lowest BCUT2D eigenvalue weighted by molar-refractivity contribution is 0.407. The predicted molar refractivity (Wildman–Crippen MR) is 77.0 cm³/mol. The Morgan fingerprint density at radius 3 is 2.88 bits per heavy atom. The lowest BCUT2D eigenvalue weighted by Crippen LogP contribution is -2.42. The molecule has 0 aromatic carbocycles. The topological polar surface area (TPSA) is 37.3 Å². The van der Waals surface area contributed by atoms with Gasteiger partial charge >= 0.3 is 0 Å². The standard InChI is InChI=1S/C12H19N3S2/c1-3-12(4-2)8-17-11(15-12)13-6-5-10-7-16-9-14-10/h7,9H,3-6,8H2,1-2H3,(H,13,15). The van der Waals surface area contributed by atoms with Crippen molar-refractivity contribution in [2.45, 2.75) is 38.6 Å². The second-order valence-corrected chi connectivity index (χ2v) is 6.00. The molecule has 1 aliphatic heterocycles. The fourth-order valence-corrected chi connectivity index (χ4v) is 3.81. The summed E-state index contributed by atoms with van der Waals surface area (Å²) < 4.78 is 0. The molecular formula is C12H19N3S2. The van der Waals surface area contributed by atoms with Crippen molar-refractivity contribution in [1.29, 1.82) is 0 Å². The van der Waals surface area contributed by atoms with Crippen LogP contribution in [0.5, 0.6) is 0 Å². The van der Waals surface area contributed by atoms with Gasteiger partial charge in [-0.1, -0.05) is 25.6 Å². The van der Waals surface area contributed by atoms with E-state index in [1.807, 2.05) is 17.3 Å². The number of hydrogen-bond acceptors (Lipinski definition) is 4. The molecule has 1 aliphatic rings. The average molecular weight is 269 g/mol. The van der Waals surface area contributed by atoms with E-state index in [-0.39, 0.29) is 5.54 Å². The minimum absolute atomic E-state index is 0.282. The van der Waals surface area contributed by atoms with Crippen LogP contribution in [-0.4, -0.2) is 28.0 Å². The van der Waals surface area contributed by atoms with E-state index in [1.165, 1.54) is 12.8 Å². The Bertz CT molecular complexity index is 369. The van der Waals surface area contributed by atoms with Crippen molar-refractivity contribution >= 4 is 28.3 Å². The van der Waals surface area contributed by atoms with Gasteiger partial charge in [0, 0.05) is 29.6 Å². The minimum atomic E-state index is 0.282. The Hall–Kier alpha value is -0.550. The van der Waals surface area contributed by atoms with Crippen molar-refractivity contribution in [3.05, 3.63) is 16.6 Å². The molecule has 94 valence electrons. The van der Waals surface area contributed by atoms with Crippen LogP contribution in [0.15, 0.2) is 15.9 Å². The summed E-state index contributed by atoms with van der Waals surface area (Å²) >= 11 is 3.51. The number of nitrogens with zero attached hydrogens (tertiary/aromatic N) is 2.